The average Bonchev–Trinajstić information content (AvgIpc) is 2.50. The molecule has 0 aromatic carbocycles. The summed E-state index contributed by atoms with van der Waals surface area (Å²) in [5.74, 6) is 0.211. The Bertz CT molecular complexity index is 400. The molecule has 140 valence electrons. The van der Waals surface area contributed by atoms with Crippen molar-refractivity contribution >= 4 is 12.0 Å². The van der Waals surface area contributed by atoms with Crippen LogP contribution in [0.5, 0.6) is 0 Å². The van der Waals surface area contributed by atoms with Gasteiger partial charge in [0, 0.05) is 13.1 Å². The molecule has 0 aromatic rings. The van der Waals surface area contributed by atoms with Gasteiger partial charge in [0.2, 0.25) is 0 Å². The number of nitrogens with one attached hydrogen (secondary N) is 1. The number of aliphatic hydroxyl groups is 1. The molecule has 1 fully saturated rings. The van der Waals surface area contributed by atoms with Gasteiger partial charge in [0.1, 0.15) is 11.6 Å². The van der Waals surface area contributed by atoms with Crippen LogP contribution in [-0.4, -0.2) is 53.3 Å². The van der Waals surface area contributed by atoms with E-state index in [1.165, 1.54) is 32.1 Å². The summed E-state index contributed by atoms with van der Waals surface area (Å²) in [7, 11) is 0. The smallest absolute Gasteiger partial charge is 0.328 e. The summed E-state index contributed by atoms with van der Waals surface area (Å²) in [6.07, 6.45) is 7.25. The Labute approximate surface area is 145 Å². The maximum atomic E-state index is 12.4. The van der Waals surface area contributed by atoms with Crippen molar-refractivity contribution in [2.45, 2.75) is 77.9 Å². The first-order chi connectivity index (χ1) is 11.2. The zero-order valence-corrected chi connectivity index (χ0v) is 15.6. The molecule has 1 saturated carbocycles. The SMILES string of the molecule is CC(NC(=O)N(CCO)CCC1CCCCC1)C(=O)OC(C)(C)C. The van der Waals surface area contributed by atoms with Crippen LogP contribution in [0.2, 0.25) is 0 Å². The number of hydrogen-bond acceptors (Lipinski definition) is 4. The number of rotatable bonds is 7. The summed E-state index contributed by atoms with van der Waals surface area (Å²) in [5.41, 5.74) is -0.582. The Morgan fingerprint density at radius 3 is 2.38 bits per heavy atom. The van der Waals surface area contributed by atoms with Crippen LogP contribution in [0.25, 0.3) is 0 Å². The minimum absolute atomic E-state index is 0.0844. The number of carbonyl (C=O) groups excluding carboxylic acids is 2. The third kappa shape index (κ3) is 7.99. The number of urea groups is 1. The molecule has 1 atom stereocenters. The molecule has 0 heterocycles. The molecule has 24 heavy (non-hydrogen) atoms. The molecule has 0 aromatic heterocycles. The topological polar surface area (TPSA) is 78.9 Å². The summed E-state index contributed by atoms with van der Waals surface area (Å²) in [4.78, 5) is 25.9. The molecule has 1 aliphatic carbocycles. The van der Waals surface area contributed by atoms with Crippen molar-refractivity contribution in [2.24, 2.45) is 5.92 Å². The monoisotopic (exact) mass is 342 g/mol. The quantitative estimate of drug-likeness (QED) is 0.697. The highest BCUT2D eigenvalue weighted by Gasteiger charge is 2.25. The third-order valence-corrected chi connectivity index (χ3v) is 4.29. The molecule has 6 heteroatoms. The molecule has 1 unspecified atom stereocenters. The van der Waals surface area contributed by atoms with Crippen molar-refractivity contribution < 1.29 is 19.4 Å². The molecule has 1 aliphatic rings. The Morgan fingerprint density at radius 2 is 1.83 bits per heavy atom. The first-order valence-corrected chi connectivity index (χ1v) is 9.12. The number of nitrogens with zero attached hydrogens (tertiary/aromatic N) is 1. The first kappa shape index (κ1) is 20.7. The molecule has 1 rings (SSSR count). The van der Waals surface area contributed by atoms with Crippen LogP contribution in [0.1, 0.15) is 66.2 Å². The second-order valence-electron chi connectivity index (χ2n) is 7.71. The van der Waals surface area contributed by atoms with Crippen LogP contribution in [0.15, 0.2) is 0 Å². The van der Waals surface area contributed by atoms with E-state index in [0.717, 1.165) is 6.42 Å². The zero-order valence-electron chi connectivity index (χ0n) is 15.6. The second-order valence-corrected chi connectivity index (χ2v) is 7.71. The van der Waals surface area contributed by atoms with Crippen molar-refractivity contribution in [3.05, 3.63) is 0 Å². The van der Waals surface area contributed by atoms with Gasteiger partial charge in [-0.15, -0.1) is 0 Å². The van der Waals surface area contributed by atoms with Crippen LogP contribution in [0.3, 0.4) is 0 Å². The standard InChI is InChI=1S/C18H34N2O4/c1-14(16(22)24-18(2,3)4)19-17(23)20(12-13-21)11-10-15-8-6-5-7-9-15/h14-15,21H,5-13H2,1-4H3,(H,19,23). The van der Waals surface area contributed by atoms with Gasteiger partial charge in [0.25, 0.3) is 0 Å². The van der Waals surface area contributed by atoms with Gasteiger partial charge in [0.15, 0.2) is 0 Å². The van der Waals surface area contributed by atoms with Gasteiger partial charge in [0.05, 0.1) is 6.61 Å². The van der Waals surface area contributed by atoms with Gasteiger partial charge < -0.3 is 20.1 Å². The molecule has 6 nitrogen and oxygen atoms in total. The summed E-state index contributed by atoms with van der Waals surface area (Å²) < 4.78 is 5.27. The number of amides is 2. The number of ether oxygens (including phenoxy) is 1. The van der Waals surface area contributed by atoms with E-state index in [1.807, 2.05) is 0 Å². The molecular weight excluding hydrogens is 308 g/mol. The van der Waals surface area contributed by atoms with Crippen LogP contribution < -0.4 is 5.32 Å². The lowest BCUT2D eigenvalue weighted by molar-refractivity contribution is -0.156. The van der Waals surface area contributed by atoms with Crippen molar-refractivity contribution in [2.75, 3.05) is 19.7 Å². The van der Waals surface area contributed by atoms with Crippen LogP contribution >= 0.6 is 0 Å². The van der Waals surface area contributed by atoms with Gasteiger partial charge >= 0.3 is 12.0 Å². The summed E-state index contributed by atoms with van der Waals surface area (Å²) in [6.45, 7) is 7.80. The summed E-state index contributed by atoms with van der Waals surface area (Å²) in [6, 6.07) is -1.04. The predicted molar refractivity (Wildman–Crippen MR) is 93.7 cm³/mol. The zero-order chi connectivity index (χ0) is 18.2. The fourth-order valence-corrected chi connectivity index (χ4v) is 2.98. The lowest BCUT2D eigenvalue weighted by Gasteiger charge is -2.28. The molecule has 2 amide bonds. The molecule has 0 spiro atoms. The fourth-order valence-electron chi connectivity index (χ4n) is 2.98. The fraction of sp³-hybridized carbons (Fsp3) is 0.889. The number of aliphatic hydroxyl groups excluding tert-OH is 1. The van der Waals surface area contributed by atoms with Crippen molar-refractivity contribution in [3.63, 3.8) is 0 Å². The first-order valence-electron chi connectivity index (χ1n) is 9.12. The van der Waals surface area contributed by atoms with Gasteiger partial charge in [-0.25, -0.2) is 9.59 Å². The van der Waals surface area contributed by atoms with Crippen molar-refractivity contribution in [3.8, 4) is 0 Å². The highest BCUT2D eigenvalue weighted by atomic mass is 16.6. The molecule has 2 N–H and O–H groups in total. The van der Waals surface area contributed by atoms with Crippen molar-refractivity contribution in [1.82, 2.24) is 10.2 Å². The molecule has 0 saturated heterocycles. The molecule has 0 radical (unpaired) electrons. The Morgan fingerprint density at radius 1 is 1.21 bits per heavy atom. The van der Waals surface area contributed by atoms with E-state index < -0.39 is 17.6 Å². The van der Waals surface area contributed by atoms with E-state index >= 15 is 0 Å². The van der Waals surface area contributed by atoms with E-state index in [9.17, 15) is 14.7 Å². The number of carbonyl (C=O) groups is 2. The van der Waals surface area contributed by atoms with E-state index in [1.54, 1.807) is 32.6 Å². The molecule has 0 aliphatic heterocycles. The summed E-state index contributed by atoms with van der Waals surface area (Å²) >= 11 is 0. The number of hydrogen-bond donors (Lipinski definition) is 2. The minimum atomic E-state index is -0.715. The molecular formula is C18H34N2O4. The Hall–Kier alpha value is -1.30. The largest absolute Gasteiger partial charge is 0.458 e. The normalized spacial score (nSPS) is 17.2. The van der Waals surface area contributed by atoms with Crippen molar-refractivity contribution in [1.29, 1.82) is 0 Å². The maximum Gasteiger partial charge on any atom is 0.328 e. The van der Waals surface area contributed by atoms with E-state index in [-0.39, 0.29) is 19.2 Å². The molecule has 0 bridgehead atoms. The van der Waals surface area contributed by atoms with E-state index in [0.29, 0.717) is 12.5 Å². The summed E-state index contributed by atoms with van der Waals surface area (Å²) in [5, 5.41) is 11.9. The minimum Gasteiger partial charge on any atom is -0.458 e. The highest BCUT2D eigenvalue weighted by molar-refractivity contribution is 5.83. The van der Waals surface area contributed by atoms with Crippen LogP contribution in [0, 0.1) is 5.92 Å². The lowest BCUT2D eigenvalue weighted by atomic mass is 9.87. The van der Waals surface area contributed by atoms with Gasteiger partial charge in [-0.1, -0.05) is 32.1 Å². The maximum absolute atomic E-state index is 12.4. The van der Waals surface area contributed by atoms with E-state index in [4.69, 9.17) is 4.74 Å². The second kappa shape index (κ2) is 9.87. The Balaban J connectivity index is 2.47. The Kier molecular flexibility index (Phi) is 8.53. The van der Waals surface area contributed by atoms with Gasteiger partial charge in [-0.2, -0.15) is 0 Å². The lowest BCUT2D eigenvalue weighted by Crippen LogP contribution is -2.49. The highest BCUT2D eigenvalue weighted by Crippen LogP contribution is 2.26. The van der Waals surface area contributed by atoms with E-state index in [2.05, 4.69) is 5.32 Å². The van der Waals surface area contributed by atoms with Crippen LogP contribution in [-0.2, 0) is 9.53 Å². The predicted octanol–water partition coefficient (Wildman–Crippen LogP) is 2.69. The average molecular weight is 342 g/mol. The van der Waals surface area contributed by atoms with Gasteiger partial charge in [-0.3, -0.25) is 0 Å². The third-order valence-electron chi connectivity index (χ3n) is 4.29. The number of esters is 1. The van der Waals surface area contributed by atoms with Gasteiger partial charge in [-0.05, 0) is 40.0 Å². The van der Waals surface area contributed by atoms with Crippen LogP contribution in [0.4, 0.5) is 4.79 Å².